The Labute approximate surface area is 104 Å². The molecule has 1 aliphatic rings. The maximum absolute atomic E-state index is 4.59. The van der Waals surface area contributed by atoms with Crippen molar-refractivity contribution in [1.29, 1.82) is 0 Å². The molecule has 0 radical (unpaired) electrons. The molecule has 1 atom stereocenters. The first-order valence-electron chi connectivity index (χ1n) is 6.60. The molecule has 4 heteroatoms. The molecular weight excluding hydrogens is 212 g/mol. The molecule has 1 aliphatic heterocycles. The van der Waals surface area contributed by atoms with Gasteiger partial charge in [0.25, 0.3) is 0 Å². The van der Waals surface area contributed by atoms with Gasteiger partial charge >= 0.3 is 0 Å². The molecule has 1 aromatic rings. The summed E-state index contributed by atoms with van der Waals surface area (Å²) in [5.41, 5.74) is 3.94. The molecule has 0 aliphatic carbocycles. The highest BCUT2D eigenvalue weighted by Crippen LogP contribution is 2.16. The van der Waals surface area contributed by atoms with Gasteiger partial charge in [-0.15, -0.1) is 0 Å². The van der Waals surface area contributed by atoms with Crippen LogP contribution in [0.5, 0.6) is 0 Å². The summed E-state index contributed by atoms with van der Waals surface area (Å²) in [6.07, 6.45) is 0. The van der Waals surface area contributed by atoms with Crippen molar-refractivity contribution in [3.05, 3.63) is 17.0 Å². The maximum Gasteiger partial charge on any atom is 0.0641 e. The Bertz CT molecular complexity index is 383. The van der Waals surface area contributed by atoms with Crippen molar-refractivity contribution in [3.8, 4) is 0 Å². The summed E-state index contributed by atoms with van der Waals surface area (Å²) in [5.74, 6) is 0. The van der Waals surface area contributed by atoms with Crippen molar-refractivity contribution in [1.82, 2.24) is 20.0 Å². The van der Waals surface area contributed by atoms with E-state index in [1.54, 1.807) is 0 Å². The van der Waals surface area contributed by atoms with Crippen LogP contribution in [-0.4, -0.2) is 40.4 Å². The summed E-state index contributed by atoms with van der Waals surface area (Å²) in [4.78, 5) is 2.53. The zero-order chi connectivity index (χ0) is 12.4. The van der Waals surface area contributed by atoms with E-state index in [0.717, 1.165) is 32.7 Å². The van der Waals surface area contributed by atoms with Crippen molar-refractivity contribution in [2.75, 3.05) is 19.6 Å². The molecule has 1 saturated heterocycles. The van der Waals surface area contributed by atoms with E-state index in [-0.39, 0.29) is 0 Å². The third-order valence-electron chi connectivity index (χ3n) is 3.67. The van der Waals surface area contributed by atoms with E-state index in [9.17, 15) is 0 Å². The molecule has 1 fully saturated rings. The Morgan fingerprint density at radius 1 is 1.41 bits per heavy atom. The number of nitrogens with one attached hydrogen (secondary N) is 1. The second-order valence-electron chi connectivity index (χ2n) is 5.06. The molecule has 0 amide bonds. The van der Waals surface area contributed by atoms with Crippen LogP contribution in [0.1, 0.15) is 30.8 Å². The summed E-state index contributed by atoms with van der Waals surface area (Å²) < 4.78 is 2.11. The smallest absolute Gasteiger partial charge is 0.0641 e. The normalized spacial score (nSPS) is 22.0. The first-order valence-corrected chi connectivity index (χ1v) is 6.60. The van der Waals surface area contributed by atoms with Gasteiger partial charge in [-0.2, -0.15) is 5.10 Å². The van der Waals surface area contributed by atoms with Crippen molar-refractivity contribution in [2.24, 2.45) is 0 Å². The minimum atomic E-state index is 0.602. The number of aryl methyl sites for hydroxylation is 2. The molecule has 96 valence electrons. The van der Waals surface area contributed by atoms with Crippen molar-refractivity contribution < 1.29 is 0 Å². The van der Waals surface area contributed by atoms with Crippen LogP contribution >= 0.6 is 0 Å². The molecule has 0 spiro atoms. The van der Waals surface area contributed by atoms with E-state index in [4.69, 9.17) is 0 Å². The summed E-state index contributed by atoms with van der Waals surface area (Å²) >= 11 is 0. The lowest BCUT2D eigenvalue weighted by molar-refractivity contribution is 0.199. The molecule has 1 aromatic heterocycles. The van der Waals surface area contributed by atoms with Gasteiger partial charge in [0.1, 0.15) is 0 Å². The van der Waals surface area contributed by atoms with Gasteiger partial charge in [0.2, 0.25) is 0 Å². The predicted octanol–water partition coefficient (Wildman–Crippen LogP) is 1.31. The van der Waals surface area contributed by atoms with Crippen LogP contribution in [0.3, 0.4) is 0 Å². The fraction of sp³-hybridized carbons (Fsp3) is 0.769. The van der Waals surface area contributed by atoms with Gasteiger partial charge in [0.05, 0.1) is 5.69 Å². The van der Waals surface area contributed by atoms with Crippen LogP contribution in [0.25, 0.3) is 0 Å². The summed E-state index contributed by atoms with van der Waals surface area (Å²) in [6.45, 7) is 14.1. The topological polar surface area (TPSA) is 33.1 Å². The van der Waals surface area contributed by atoms with E-state index in [0.29, 0.717) is 6.04 Å². The summed E-state index contributed by atoms with van der Waals surface area (Å²) in [6, 6.07) is 0.602. The van der Waals surface area contributed by atoms with Gasteiger partial charge in [0.15, 0.2) is 0 Å². The highest BCUT2D eigenvalue weighted by Gasteiger charge is 2.19. The molecule has 2 rings (SSSR count). The maximum atomic E-state index is 4.59. The van der Waals surface area contributed by atoms with Crippen molar-refractivity contribution in [3.63, 3.8) is 0 Å². The zero-order valence-electron chi connectivity index (χ0n) is 11.5. The van der Waals surface area contributed by atoms with Crippen LogP contribution < -0.4 is 5.32 Å². The third-order valence-corrected chi connectivity index (χ3v) is 3.67. The van der Waals surface area contributed by atoms with Crippen molar-refractivity contribution in [2.45, 2.75) is 46.8 Å². The molecule has 2 heterocycles. The van der Waals surface area contributed by atoms with Gasteiger partial charge < -0.3 is 5.32 Å². The highest BCUT2D eigenvalue weighted by molar-refractivity contribution is 5.24. The minimum Gasteiger partial charge on any atom is -0.312 e. The fourth-order valence-electron chi connectivity index (χ4n) is 2.65. The van der Waals surface area contributed by atoms with E-state index in [2.05, 4.69) is 47.7 Å². The largest absolute Gasteiger partial charge is 0.312 e. The first kappa shape index (κ1) is 12.6. The van der Waals surface area contributed by atoms with Gasteiger partial charge in [0, 0.05) is 50.0 Å². The quantitative estimate of drug-likeness (QED) is 0.859. The molecule has 17 heavy (non-hydrogen) atoms. The second kappa shape index (κ2) is 5.19. The number of hydrogen-bond acceptors (Lipinski definition) is 3. The number of nitrogens with zero attached hydrogens (tertiary/aromatic N) is 3. The molecule has 4 nitrogen and oxygen atoms in total. The summed E-state index contributed by atoms with van der Waals surface area (Å²) in [7, 11) is 0. The van der Waals surface area contributed by atoms with E-state index >= 15 is 0 Å². The van der Waals surface area contributed by atoms with Crippen LogP contribution in [0, 0.1) is 13.8 Å². The average molecular weight is 236 g/mol. The SMILES string of the molecule is CCn1nc(C)c(CN2CCN[C@H](C)C2)c1C. The molecule has 0 unspecified atom stereocenters. The molecular formula is C13H24N4. The predicted molar refractivity (Wildman–Crippen MR) is 70.1 cm³/mol. The van der Waals surface area contributed by atoms with Crippen LogP contribution in [-0.2, 0) is 13.1 Å². The summed E-state index contributed by atoms with van der Waals surface area (Å²) in [5, 5.41) is 8.07. The molecule has 1 N–H and O–H groups in total. The Hall–Kier alpha value is -0.870. The zero-order valence-corrected chi connectivity index (χ0v) is 11.5. The molecule has 0 bridgehead atoms. The Morgan fingerprint density at radius 2 is 2.18 bits per heavy atom. The van der Waals surface area contributed by atoms with Crippen LogP contribution in [0.2, 0.25) is 0 Å². The van der Waals surface area contributed by atoms with E-state index in [1.807, 2.05) is 0 Å². The minimum absolute atomic E-state index is 0.602. The van der Waals surface area contributed by atoms with Gasteiger partial charge in [-0.3, -0.25) is 9.58 Å². The Kier molecular flexibility index (Phi) is 3.84. The van der Waals surface area contributed by atoms with Crippen LogP contribution in [0.4, 0.5) is 0 Å². The fourth-order valence-corrected chi connectivity index (χ4v) is 2.65. The van der Waals surface area contributed by atoms with Crippen molar-refractivity contribution >= 4 is 0 Å². The van der Waals surface area contributed by atoms with Gasteiger partial charge in [-0.1, -0.05) is 0 Å². The number of hydrogen-bond donors (Lipinski definition) is 1. The monoisotopic (exact) mass is 236 g/mol. The highest BCUT2D eigenvalue weighted by atomic mass is 15.3. The average Bonchev–Trinajstić information content (AvgIpc) is 2.56. The number of rotatable bonds is 3. The standard InChI is InChI=1S/C13H24N4/c1-5-17-12(4)13(11(3)15-17)9-16-7-6-14-10(2)8-16/h10,14H,5-9H2,1-4H3/t10-/m1/s1. The number of piperazine rings is 1. The lowest BCUT2D eigenvalue weighted by Gasteiger charge is -2.31. The van der Waals surface area contributed by atoms with E-state index in [1.165, 1.54) is 17.0 Å². The van der Waals surface area contributed by atoms with Crippen LogP contribution in [0.15, 0.2) is 0 Å². The third kappa shape index (κ3) is 2.69. The van der Waals surface area contributed by atoms with Gasteiger partial charge in [-0.25, -0.2) is 0 Å². The number of aromatic nitrogens is 2. The molecule has 0 aromatic carbocycles. The van der Waals surface area contributed by atoms with E-state index < -0.39 is 0 Å². The lowest BCUT2D eigenvalue weighted by atomic mass is 10.1. The Morgan fingerprint density at radius 3 is 2.76 bits per heavy atom. The Balaban J connectivity index is 2.10. The first-order chi connectivity index (χ1) is 8.11. The van der Waals surface area contributed by atoms with Gasteiger partial charge in [-0.05, 0) is 27.7 Å². The molecule has 0 saturated carbocycles. The lowest BCUT2D eigenvalue weighted by Crippen LogP contribution is -2.48. The second-order valence-corrected chi connectivity index (χ2v) is 5.06.